The molecular weight excluding hydrogens is 269 g/mol. The largest absolute Gasteiger partial charge is 0.493 e. The standard InChI is InChI=1S/C11H15BBrNO2/c1-14-6-8-15-12(16-9-7-14)10-2-4-11(13)5-3-10/h2-5H,6-9H2,1H3. The summed E-state index contributed by atoms with van der Waals surface area (Å²) in [5.41, 5.74) is 1.08. The SMILES string of the molecule is CN1CCOB(c2ccc(Br)cc2)OCC1. The molecule has 2 rings (SSSR count). The van der Waals surface area contributed by atoms with Crippen LogP contribution in [-0.4, -0.2) is 45.4 Å². The molecule has 0 unspecified atom stereocenters. The van der Waals surface area contributed by atoms with E-state index in [0.29, 0.717) is 13.2 Å². The van der Waals surface area contributed by atoms with Crippen molar-refractivity contribution in [3.63, 3.8) is 0 Å². The number of hydrogen-bond donors (Lipinski definition) is 0. The van der Waals surface area contributed by atoms with E-state index >= 15 is 0 Å². The van der Waals surface area contributed by atoms with Gasteiger partial charge in [0.25, 0.3) is 0 Å². The van der Waals surface area contributed by atoms with Crippen LogP contribution >= 0.6 is 15.9 Å². The van der Waals surface area contributed by atoms with Crippen molar-refractivity contribution in [3.05, 3.63) is 28.7 Å². The van der Waals surface area contributed by atoms with E-state index in [4.69, 9.17) is 9.31 Å². The lowest BCUT2D eigenvalue weighted by Gasteiger charge is -2.23. The highest BCUT2D eigenvalue weighted by atomic mass is 79.9. The number of hydrogen-bond acceptors (Lipinski definition) is 3. The Labute approximate surface area is 105 Å². The minimum Gasteiger partial charge on any atom is -0.406 e. The van der Waals surface area contributed by atoms with Crippen molar-refractivity contribution in [2.75, 3.05) is 33.4 Å². The van der Waals surface area contributed by atoms with E-state index in [-0.39, 0.29) is 7.12 Å². The lowest BCUT2D eigenvalue weighted by Crippen LogP contribution is -2.43. The van der Waals surface area contributed by atoms with Crippen molar-refractivity contribution >= 4 is 28.5 Å². The first kappa shape index (κ1) is 12.1. The molecule has 0 saturated carbocycles. The molecule has 0 aromatic heterocycles. The van der Waals surface area contributed by atoms with E-state index in [9.17, 15) is 0 Å². The summed E-state index contributed by atoms with van der Waals surface area (Å²) in [5.74, 6) is 0. The van der Waals surface area contributed by atoms with Crippen molar-refractivity contribution in [2.45, 2.75) is 0 Å². The van der Waals surface area contributed by atoms with E-state index in [0.717, 1.165) is 23.0 Å². The number of nitrogens with zero attached hydrogens (tertiary/aromatic N) is 1. The predicted octanol–water partition coefficient (Wildman–Crippen LogP) is 1.12. The van der Waals surface area contributed by atoms with Crippen LogP contribution in [0.5, 0.6) is 0 Å². The van der Waals surface area contributed by atoms with Crippen LogP contribution < -0.4 is 5.46 Å². The zero-order chi connectivity index (χ0) is 11.4. The Kier molecular flexibility index (Phi) is 4.41. The van der Waals surface area contributed by atoms with E-state index < -0.39 is 0 Å². The van der Waals surface area contributed by atoms with Gasteiger partial charge in [-0.3, -0.25) is 0 Å². The molecule has 3 nitrogen and oxygen atoms in total. The number of halogens is 1. The van der Waals surface area contributed by atoms with Crippen molar-refractivity contribution in [1.82, 2.24) is 4.90 Å². The molecule has 1 aliphatic rings. The minimum atomic E-state index is -0.221. The number of likely N-dealkylation sites (N-methyl/N-ethyl adjacent to an activating group) is 1. The Hall–Kier alpha value is -0.355. The Balaban J connectivity index is 2.00. The second-order valence-corrected chi connectivity index (χ2v) is 4.84. The highest BCUT2D eigenvalue weighted by Crippen LogP contribution is 2.07. The van der Waals surface area contributed by atoms with Gasteiger partial charge in [0.1, 0.15) is 0 Å². The average Bonchev–Trinajstić information content (AvgIpc) is 2.25. The molecule has 1 aromatic carbocycles. The van der Waals surface area contributed by atoms with Gasteiger partial charge in [-0.15, -0.1) is 0 Å². The van der Waals surface area contributed by atoms with E-state index in [1.165, 1.54) is 0 Å². The summed E-state index contributed by atoms with van der Waals surface area (Å²) >= 11 is 3.42. The summed E-state index contributed by atoms with van der Waals surface area (Å²) in [5, 5.41) is 0. The molecule has 1 saturated heterocycles. The van der Waals surface area contributed by atoms with Crippen LogP contribution in [0.3, 0.4) is 0 Å². The smallest absolute Gasteiger partial charge is 0.406 e. The van der Waals surface area contributed by atoms with Crippen LogP contribution in [0.25, 0.3) is 0 Å². The third kappa shape index (κ3) is 3.32. The third-order valence-corrected chi connectivity index (χ3v) is 3.16. The lowest BCUT2D eigenvalue weighted by atomic mass is 9.79. The summed E-state index contributed by atoms with van der Waals surface area (Å²) < 4.78 is 12.5. The van der Waals surface area contributed by atoms with Crippen molar-refractivity contribution in [2.24, 2.45) is 0 Å². The summed E-state index contributed by atoms with van der Waals surface area (Å²) in [6.07, 6.45) is 0. The summed E-state index contributed by atoms with van der Waals surface area (Å²) in [4.78, 5) is 2.21. The second kappa shape index (κ2) is 5.82. The van der Waals surface area contributed by atoms with Gasteiger partial charge in [0.2, 0.25) is 0 Å². The predicted molar refractivity (Wildman–Crippen MR) is 68.9 cm³/mol. The second-order valence-electron chi connectivity index (χ2n) is 3.93. The van der Waals surface area contributed by atoms with Gasteiger partial charge in [0.15, 0.2) is 0 Å². The highest BCUT2D eigenvalue weighted by molar-refractivity contribution is 9.10. The molecular formula is C11H15BBrNO2. The molecule has 1 heterocycles. The van der Waals surface area contributed by atoms with Gasteiger partial charge in [0.05, 0.1) is 0 Å². The molecule has 0 aliphatic carbocycles. The number of benzene rings is 1. The first-order chi connectivity index (χ1) is 7.75. The van der Waals surface area contributed by atoms with Crippen molar-refractivity contribution in [3.8, 4) is 0 Å². The molecule has 5 heteroatoms. The number of rotatable bonds is 1. The molecule has 0 spiro atoms. The zero-order valence-corrected chi connectivity index (χ0v) is 10.9. The van der Waals surface area contributed by atoms with Crippen LogP contribution in [0, 0.1) is 0 Å². The Bertz CT molecular complexity index is 323. The molecule has 0 N–H and O–H groups in total. The maximum atomic E-state index is 5.70. The fourth-order valence-corrected chi connectivity index (χ4v) is 1.87. The van der Waals surface area contributed by atoms with Crippen LogP contribution in [0.4, 0.5) is 0 Å². The quantitative estimate of drug-likeness (QED) is 0.721. The Morgan fingerprint density at radius 2 is 1.69 bits per heavy atom. The molecule has 1 aliphatic heterocycles. The van der Waals surface area contributed by atoms with Crippen molar-refractivity contribution < 1.29 is 9.31 Å². The molecule has 1 aromatic rings. The third-order valence-electron chi connectivity index (χ3n) is 2.63. The fraction of sp³-hybridized carbons (Fsp3) is 0.455. The zero-order valence-electron chi connectivity index (χ0n) is 9.36. The topological polar surface area (TPSA) is 21.7 Å². The normalized spacial score (nSPS) is 19.2. The molecule has 0 amide bonds. The van der Waals surface area contributed by atoms with Gasteiger partial charge >= 0.3 is 7.12 Å². The van der Waals surface area contributed by atoms with Crippen LogP contribution in [0.1, 0.15) is 0 Å². The molecule has 0 atom stereocenters. The van der Waals surface area contributed by atoms with E-state index in [1.54, 1.807) is 0 Å². The average molecular weight is 284 g/mol. The van der Waals surface area contributed by atoms with E-state index in [2.05, 4.69) is 27.9 Å². The summed E-state index contributed by atoms with van der Waals surface area (Å²) in [6, 6.07) is 8.07. The molecule has 0 radical (unpaired) electrons. The van der Waals surface area contributed by atoms with Crippen LogP contribution in [0.15, 0.2) is 28.7 Å². The van der Waals surface area contributed by atoms with Crippen LogP contribution in [-0.2, 0) is 9.31 Å². The van der Waals surface area contributed by atoms with E-state index in [1.807, 2.05) is 24.3 Å². The fourth-order valence-electron chi connectivity index (χ4n) is 1.60. The lowest BCUT2D eigenvalue weighted by molar-refractivity contribution is 0.132. The monoisotopic (exact) mass is 283 g/mol. The Morgan fingerprint density at radius 3 is 2.25 bits per heavy atom. The molecule has 86 valence electrons. The van der Waals surface area contributed by atoms with Gasteiger partial charge in [0, 0.05) is 30.8 Å². The van der Waals surface area contributed by atoms with Gasteiger partial charge in [-0.2, -0.15) is 0 Å². The molecule has 0 bridgehead atoms. The molecule has 1 fully saturated rings. The Morgan fingerprint density at radius 1 is 1.12 bits per heavy atom. The van der Waals surface area contributed by atoms with Crippen LogP contribution in [0.2, 0.25) is 0 Å². The van der Waals surface area contributed by atoms with Gasteiger partial charge in [-0.1, -0.05) is 28.1 Å². The van der Waals surface area contributed by atoms with Gasteiger partial charge in [-0.25, -0.2) is 0 Å². The highest BCUT2D eigenvalue weighted by Gasteiger charge is 2.22. The minimum absolute atomic E-state index is 0.221. The maximum Gasteiger partial charge on any atom is 0.493 e. The summed E-state index contributed by atoms with van der Waals surface area (Å²) in [6.45, 7) is 3.32. The first-order valence-electron chi connectivity index (χ1n) is 5.43. The van der Waals surface area contributed by atoms with Gasteiger partial charge < -0.3 is 14.2 Å². The molecule has 16 heavy (non-hydrogen) atoms. The maximum absolute atomic E-state index is 5.70. The van der Waals surface area contributed by atoms with Gasteiger partial charge in [-0.05, 0) is 24.6 Å². The summed E-state index contributed by atoms with van der Waals surface area (Å²) in [7, 11) is 1.86. The van der Waals surface area contributed by atoms with Crippen molar-refractivity contribution in [1.29, 1.82) is 0 Å². The first-order valence-corrected chi connectivity index (χ1v) is 6.22.